The molecular formula is C28H21Cl3N2O. The number of carbonyl (C=O) groups excluding carboxylic acids is 1. The molecule has 3 nitrogen and oxygen atoms in total. The first-order valence-electron chi connectivity index (χ1n) is 11.1. The van der Waals surface area contributed by atoms with E-state index in [9.17, 15) is 10.1 Å². The molecule has 170 valence electrons. The van der Waals surface area contributed by atoms with Crippen LogP contribution >= 0.6 is 34.8 Å². The number of carbonyl (C=O) groups is 1. The van der Waals surface area contributed by atoms with Crippen molar-refractivity contribution in [3.8, 4) is 6.07 Å². The summed E-state index contributed by atoms with van der Waals surface area (Å²) in [6, 6.07) is 23.0. The van der Waals surface area contributed by atoms with Gasteiger partial charge in [0.15, 0.2) is 0 Å². The fraction of sp³-hybridized carbons (Fsp3) is 0.214. The molecule has 1 heterocycles. The number of fused-ring (bicyclic) bond motifs is 1. The molecule has 3 aromatic rings. The first-order chi connectivity index (χ1) is 16.4. The second-order valence-corrected chi connectivity index (χ2v) is 10.3. The van der Waals surface area contributed by atoms with Gasteiger partial charge in [0.2, 0.25) is 5.91 Å². The van der Waals surface area contributed by atoms with Crippen LogP contribution in [0.4, 0.5) is 0 Å². The van der Waals surface area contributed by atoms with Crippen LogP contribution in [0, 0.1) is 22.7 Å². The molecular weight excluding hydrogens is 487 g/mol. The van der Waals surface area contributed by atoms with E-state index in [1.165, 1.54) is 0 Å². The highest BCUT2D eigenvalue weighted by molar-refractivity contribution is 6.35. The van der Waals surface area contributed by atoms with Crippen molar-refractivity contribution in [3.05, 3.63) is 110 Å². The number of nitrogens with one attached hydrogen (secondary N) is 1. The Bertz CT molecular complexity index is 1340. The first kappa shape index (κ1) is 23.0. The van der Waals surface area contributed by atoms with E-state index in [1.54, 1.807) is 12.1 Å². The smallest absolute Gasteiger partial charge is 0.230 e. The van der Waals surface area contributed by atoms with Gasteiger partial charge in [0.25, 0.3) is 0 Å². The SMILES string of the molecule is N#Cc1cccc(CC23C=C(c4ccc(Cl)cc4Cl)C(c4ccc(Cl)cc4)CC2CNC3=O)c1. The molecule has 0 saturated carbocycles. The molecule has 1 aliphatic carbocycles. The van der Waals surface area contributed by atoms with Gasteiger partial charge in [0, 0.05) is 27.5 Å². The number of hydrogen-bond donors (Lipinski definition) is 1. The number of nitrogens with zero attached hydrogens (tertiary/aromatic N) is 1. The van der Waals surface area contributed by atoms with Crippen LogP contribution in [0.25, 0.3) is 5.57 Å². The minimum Gasteiger partial charge on any atom is -0.355 e. The molecule has 5 rings (SSSR count). The average molecular weight is 508 g/mol. The molecule has 3 atom stereocenters. The highest BCUT2D eigenvalue weighted by Crippen LogP contribution is 2.53. The maximum absolute atomic E-state index is 13.4. The lowest BCUT2D eigenvalue weighted by atomic mass is 9.62. The van der Waals surface area contributed by atoms with Crippen molar-refractivity contribution in [1.29, 1.82) is 5.26 Å². The van der Waals surface area contributed by atoms with Gasteiger partial charge >= 0.3 is 0 Å². The molecule has 0 bridgehead atoms. The summed E-state index contributed by atoms with van der Waals surface area (Å²) >= 11 is 19.0. The summed E-state index contributed by atoms with van der Waals surface area (Å²) in [5.74, 6) is 0.158. The third kappa shape index (κ3) is 4.12. The van der Waals surface area contributed by atoms with Crippen molar-refractivity contribution in [1.82, 2.24) is 5.32 Å². The van der Waals surface area contributed by atoms with E-state index >= 15 is 0 Å². The second kappa shape index (κ2) is 9.12. The number of rotatable bonds is 4. The lowest BCUT2D eigenvalue weighted by molar-refractivity contribution is -0.126. The Kier molecular flexibility index (Phi) is 6.16. The molecule has 0 spiro atoms. The number of benzene rings is 3. The Morgan fingerprint density at radius 3 is 2.50 bits per heavy atom. The summed E-state index contributed by atoms with van der Waals surface area (Å²) in [4.78, 5) is 13.4. The zero-order valence-corrected chi connectivity index (χ0v) is 20.5. The van der Waals surface area contributed by atoms with Crippen LogP contribution in [0.5, 0.6) is 0 Å². The van der Waals surface area contributed by atoms with Crippen molar-refractivity contribution < 1.29 is 4.79 Å². The number of hydrogen-bond acceptors (Lipinski definition) is 2. The maximum Gasteiger partial charge on any atom is 0.230 e. The minimum absolute atomic E-state index is 0.0111. The van der Waals surface area contributed by atoms with Gasteiger partial charge in [0.1, 0.15) is 0 Å². The molecule has 1 amide bonds. The van der Waals surface area contributed by atoms with E-state index < -0.39 is 5.41 Å². The van der Waals surface area contributed by atoms with Gasteiger partial charge in [-0.3, -0.25) is 4.79 Å². The molecule has 3 aromatic carbocycles. The summed E-state index contributed by atoms with van der Waals surface area (Å²) in [7, 11) is 0. The topological polar surface area (TPSA) is 52.9 Å². The molecule has 6 heteroatoms. The number of allylic oxidation sites excluding steroid dienone is 1. The molecule has 34 heavy (non-hydrogen) atoms. The van der Waals surface area contributed by atoms with Crippen LogP contribution < -0.4 is 5.32 Å². The van der Waals surface area contributed by atoms with Gasteiger partial charge in [-0.25, -0.2) is 0 Å². The monoisotopic (exact) mass is 506 g/mol. The van der Waals surface area contributed by atoms with E-state index in [1.807, 2.05) is 54.6 Å². The fourth-order valence-corrected chi connectivity index (χ4v) is 6.02. The Labute approximate surface area is 214 Å². The van der Waals surface area contributed by atoms with Crippen LogP contribution in [0.1, 0.15) is 34.6 Å². The first-order valence-corrected chi connectivity index (χ1v) is 12.2. The standard InChI is InChI=1S/C28H21Cl3N2O/c29-21-6-4-19(5-7-21)24-11-20-16-33-27(34)28(20,13-17-2-1-3-18(10-17)15-32)14-25(24)23-9-8-22(30)12-26(23)31/h1-10,12,14,20,24H,11,13,16H2,(H,33,34). The quantitative estimate of drug-likeness (QED) is 0.411. The van der Waals surface area contributed by atoms with E-state index in [0.29, 0.717) is 33.6 Å². The van der Waals surface area contributed by atoms with Crippen LogP contribution in [0.15, 0.2) is 72.8 Å². The Morgan fingerprint density at radius 1 is 1.00 bits per heavy atom. The van der Waals surface area contributed by atoms with Gasteiger partial charge in [0.05, 0.1) is 17.0 Å². The fourth-order valence-electron chi connectivity index (χ4n) is 5.38. The van der Waals surface area contributed by atoms with Crippen molar-refractivity contribution in [2.24, 2.45) is 11.3 Å². The third-order valence-corrected chi connectivity index (χ3v) is 7.84. The Balaban J connectivity index is 1.68. The highest BCUT2D eigenvalue weighted by Gasteiger charge is 2.52. The van der Waals surface area contributed by atoms with Crippen LogP contribution in [-0.4, -0.2) is 12.5 Å². The van der Waals surface area contributed by atoms with Gasteiger partial charge in [-0.2, -0.15) is 5.26 Å². The molecule has 2 aliphatic rings. The maximum atomic E-state index is 13.4. The molecule has 0 aromatic heterocycles. The Hall–Kier alpha value is -2.77. The largest absolute Gasteiger partial charge is 0.355 e. The molecule has 3 unspecified atom stereocenters. The molecule has 1 fully saturated rings. The van der Waals surface area contributed by atoms with Crippen molar-refractivity contribution in [2.45, 2.75) is 18.8 Å². The van der Waals surface area contributed by atoms with Gasteiger partial charge < -0.3 is 5.32 Å². The normalized spacial score (nSPS) is 23.6. The number of amides is 1. The zero-order valence-electron chi connectivity index (χ0n) is 18.2. The number of halogens is 3. The summed E-state index contributed by atoms with van der Waals surface area (Å²) in [5, 5.41) is 14.3. The van der Waals surface area contributed by atoms with E-state index in [-0.39, 0.29) is 17.7 Å². The molecule has 1 N–H and O–H groups in total. The summed E-state index contributed by atoms with van der Waals surface area (Å²) in [5.41, 5.74) is 3.83. The van der Waals surface area contributed by atoms with E-state index in [0.717, 1.165) is 28.7 Å². The van der Waals surface area contributed by atoms with Crippen molar-refractivity contribution in [2.75, 3.05) is 6.54 Å². The predicted octanol–water partition coefficient (Wildman–Crippen LogP) is 7.06. The van der Waals surface area contributed by atoms with E-state index in [2.05, 4.69) is 17.5 Å². The third-order valence-electron chi connectivity index (χ3n) is 7.04. The average Bonchev–Trinajstić information content (AvgIpc) is 3.14. The van der Waals surface area contributed by atoms with Crippen molar-refractivity contribution >= 4 is 46.3 Å². The van der Waals surface area contributed by atoms with Gasteiger partial charge in [-0.05, 0) is 77.4 Å². The molecule has 0 radical (unpaired) electrons. The molecule has 1 aliphatic heterocycles. The van der Waals surface area contributed by atoms with Crippen LogP contribution in [0.2, 0.25) is 15.1 Å². The highest BCUT2D eigenvalue weighted by atomic mass is 35.5. The second-order valence-electron chi connectivity index (χ2n) is 9.00. The zero-order chi connectivity index (χ0) is 23.9. The van der Waals surface area contributed by atoms with Crippen molar-refractivity contribution in [3.63, 3.8) is 0 Å². The lowest BCUT2D eigenvalue weighted by Crippen LogP contribution is -2.39. The summed E-state index contributed by atoms with van der Waals surface area (Å²) < 4.78 is 0. The van der Waals surface area contributed by atoms with Gasteiger partial charge in [-0.15, -0.1) is 0 Å². The van der Waals surface area contributed by atoms with Crippen LogP contribution in [0.3, 0.4) is 0 Å². The molecule has 1 saturated heterocycles. The lowest BCUT2D eigenvalue weighted by Gasteiger charge is -2.39. The summed E-state index contributed by atoms with van der Waals surface area (Å²) in [6.45, 7) is 0.610. The van der Waals surface area contributed by atoms with Crippen LogP contribution in [-0.2, 0) is 11.2 Å². The summed E-state index contributed by atoms with van der Waals surface area (Å²) in [6.07, 6.45) is 3.42. The minimum atomic E-state index is -0.727. The Morgan fingerprint density at radius 2 is 1.76 bits per heavy atom. The van der Waals surface area contributed by atoms with E-state index in [4.69, 9.17) is 34.8 Å². The predicted molar refractivity (Wildman–Crippen MR) is 137 cm³/mol. The van der Waals surface area contributed by atoms with Gasteiger partial charge in [-0.1, -0.05) is 71.2 Å². The number of nitriles is 1.